The van der Waals surface area contributed by atoms with Crippen molar-refractivity contribution in [3.8, 4) is 0 Å². The highest BCUT2D eigenvalue weighted by molar-refractivity contribution is 7.99. The number of aliphatic carboxylic acids is 1. The second kappa shape index (κ2) is 5.47. The second-order valence-electron chi connectivity index (χ2n) is 2.96. The number of carboxylic acid groups (broad SMARTS) is 1. The average molecular weight is 176 g/mol. The van der Waals surface area contributed by atoms with Gasteiger partial charge in [-0.2, -0.15) is 11.8 Å². The molecule has 0 bridgehead atoms. The minimum Gasteiger partial charge on any atom is -0.481 e. The average Bonchev–Trinajstić information content (AvgIpc) is 1.86. The fraction of sp³-hybridized carbons (Fsp3) is 0.875. The van der Waals surface area contributed by atoms with Crippen molar-refractivity contribution in [2.75, 3.05) is 5.75 Å². The summed E-state index contributed by atoms with van der Waals surface area (Å²) in [6, 6.07) is 0. The van der Waals surface area contributed by atoms with Gasteiger partial charge in [0.05, 0.1) is 6.42 Å². The van der Waals surface area contributed by atoms with Crippen molar-refractivity contribution in [3.63, 3.8) is 0 Å². The SMILES string of the molecule is CC(C)C(C)SCCC(=O)O. The lowest BCUT2D eigenvalue weighted by molar-refractivity contribution is -0.136. The topological polar surface area (TPSA) is 37.3 Å². The molecule has 0 heterocycles. The third-order valence-electron chi connectivity index (χ3n) is 1.64. The number of thioether (sulfide) groups is 1. The molecule has 0 fully saturated rings. The van der Waals surface area contributed by atoms with Gasteiger partial charge in [-0.05, 0) is 5.92 Å². The number of carboxylic acids is 1. The maximum Gasteiger partial charge on any atom is 0.304 e. The molecule has 0 saturated carbocycles. The minimum atomic E-state index is -0.701. The van der Waals surface area contributed by atoms with E-state index in [9.17, 15) is 4.79 Å². The van der Waals surface area contributed by atoms with Crippen molar-refractivity contribution in [2.45, 2.75) is 32.4 Å². The summed E-state index contributed by atoms with van der Waals surface area (Å²) in [5, 5.41) is 8.92. The third kappa shape index (κ3) is 6.23. The first-order valence-corrected chi connectivity index (χ1v) is 4.92. The summed E-state index contributed by atoms with van der Waals surface area (Å²) < 4.78 is 0. The maximum absolute atomic E-state index is 10.1. The van der Waals surface area contributed by atoms with Gasteiger partial charge in [-0.15, -0.1) is 0 Å². The van der Waals surface area contributed by atoms with Crippen molar-refractivity contribution < 1.29 is 9.90 Å². The molecule has 0 aliphatic rings. The van der Waals surface area contributed by atoms with Crippen LogP contribution in [0, 0.1) is 5.92 Å². The summed E-state index contributed by atoms with van der Waals surface area (Å²) in [4.78, 5) is 10.1. The van der Waals surface area contributed by atoms with Gasteiger partial charge in [-0.1, -0.05) is 20.8 Å². The summed E-state index contributed by atoms with van der Waals surface area (Å²) >= 11 is 1.73. The molecule has 0 aliphatic carbocycles. The molecular weight excluding hydrogens is 160 g/mol. The molecule has 0 rings (SSSR count). The van der Waals surface area contributed by atoms with Crippen LogP contribution in [0.3, 0.4) is 0 Å². The first kappa shape index (κ1) is 10.8. The monoisotopic (exact) mass is 176 g/mol. The van der Waals surface area contributed by atoms with Crippen LogP contribution in [0.2, 0.25) is 0 Å². The summed E-state index contributed by atoms with van der Waals surface area (Å²) in [5.74, 6) is 0.663. The van der Waals surface area contributed by atoms with Gasteiger partial charge in [0.1, 0.15) is 0 Å². The number of hydrogen-bond donors (Lipinski definition) is 1. The maximum atomic E-state index is 10.1. The zero-order valence-electron chi connectivity index (χ0n) is 7.33. The standard InChI is InChI=1S/C8H16O2S/c1-6(2)7(3)11-5-4-8(9)10/h6-7H,4-5H2,1-3H3,(H,9,10). The lowest BCUT2D eigenvalue weighted by Crippen LogP contribution is -2.07. The van der Waals surface area contributed by atoms with Gasteiger partial charge in [-0.25, -0.2) is 0 Å². The van der Waals surface area contributed by atoms with E-state index >= 15 is 0 Å². The van der Waals surface area contributed by atoms with Gasteiger partial charge in [-0.3, -0.25) is 4.79 Å². The van der Waals surface area contributed by atoms with Crippen LogP contribution < -0.4 is 0 Å². The van der Waals surface area contributed by atoms with Gasteiger partial charge in [0, 0.05) is 11.0 Å². The second-order valence-corrected chi connectivity index (χ2v) is 4.45. The highest BCUT2D eigenvalue weighted by atomic mass is 32.2. The van der Waals surface area contributed by atoms with Gasteiger partial charge in [0.15, 0.2) is 0 Å². The van der Waals surface area contributed by atoms with E-state index < -0.39 is 5.97 Å². The van der Waals surface area contributed by atoms with E-state index in [4.69, 9.17) is 5.11 Å². The molecule has 0 spiro atoms. The van der Waals surface area contributed by atoms with Gasteiger partial charge in [0.2, 0.25) is 0 Å². The zero-order chi connectivity index (χ0) is 8.85. The van der Waals surface area contributed by atoms with Crippen LogP contribution in [-0.4, -0.2) is 22.1 Å². The molecule has 0 aromatic carbocycles. The van der Waals surface area contributed by atoms with Crippen LogP contribution in [0.4, 0.5) is 0 Å². The Morgan fingerprint density at radius 2 is 2.00 bits per heavy atom. The number of rotatable bonds is 5. The van der Waals surface area contributed by atoms with E-state index in [0.29, 0.717) is 11.2 Å². The fourth-order valence-electron chi connectivity index (χ4n) is 0.525. The molecule has 1 unspecified atom stereocenters. The Labute approximate surface area is 72.4 Å². The Hall–Kier alpha value is -0.180. The Morgan fingerprint density at radius 3 is 2.36 bits per heavy atom. The Kier molecular flexibility index (Phi) is 5.38. The lowest BCUT2D eigenvalue weighted by atomic mass is 10.2. The molecule has 1 atom stereocenters. The predicted molar refractivity (Wildman–Crippen MR) is 49.0 cm³/mol. The van der Waals surface area contributed by atoms with Gasteiger partial charge < -0.3 is 5.11 Å². The minimum absolute atomic E-state index is 0.279. The van der Waals surface area contributed by atoms with E-state index in [2.05, 4.69) is 20.8 Å². The smallest absolute Gasteiger partial charge is 0.304 e. The quantitative estimate of drug-likeness (QED) is 0.698. The molecule has 1 N–H and O–H groups in total. The zero-order valence-corrected chi connectivity index (χ0v) is 8.15. The van der Waals surface area contributed by atoms with Crippen LogP contribution in [-0.2, 0) is 4.79 Å². The van der Waals surface area contributed by atoms with Crippen LogP contribution in [0.25, 0.3) is 0 Å². The van der Waals surface area contributed by atoms with E-state index in [1.807, 2.05) is 0 Å². The Bertz CT molecular complexity index is 123. The van der Waals surface area contributed by atoms with Gasteiger partial charge in [0.25, 0.3) is 0 Å². The summed E-state index contributed by atoms with van der Waals surface area (Å²) in [7, 11) is 0. The normalized spacial score (nSPS) is 13.5. The first-order chi connectivity index (χ1) is 5.04. The third-order valence-corrected chi connectivity index (χ3v) is 3.15. The summed E-state index contributed by atoms with van der Waals surface area (Å²) in [5.41, 5.74) is 0. The van der Waals surface area contributed by atoms with Crippen molar-refractivity contribution >= 4 is 17.7 Å². The van der Waals surface area contributed by atoms with E-state index in [-0.39, 0.29) is 6.42 Å². The van der Waals surface area contributed by atoms with Gasteiger partial charge >= 0.3 is 5.97 Å². The molecule has 0 saturated heterocycles. The molecule has 0 aliphatic heterocycles. The first-order valence-electron chi connectivity index (χ1n) is 3.87. The molecule has 3 heteroatoms. The molecule has 2 nitrogen and oxygen atoms in total. The Morgan fingerprint density at radius 1 is 1.45 bits per heavy atom. The number of carbonyl (C=O) groups is 1. The summed E-state index contributed by atoms with van der Waals surface area (Å²) in [6.07, 6.45) is 0.279. The van der Waals surface area contributed by atoms with Crippen LogP contribution in [0.1, 0.15) is 27.2 Å². The molecule has 0 aromatic rings. The largest absolute Gasteiger partial charge is 0.481 e. The van der Waals surface area contributed by atoms with Crippen LogP contribution in [0.15, 0.2) is 0 Å². The van der Waals surface area contributed by atoms with Crippen molar-refractivity contribution in [2.24, 2.45) is 5.92 Å². The lowest BCUT2D eigenvalue weighted by Gasteiger charge is -2.13. The van der Waals surface area contributed by atoms with E-state index in [0.717, 1.165) is 5.75 Å². The van der Waals surface area contributed by atoms with Crippen molar-refractivity contribution in [1.29, 1.82) is 0 Å². The predicted octanol–water partition coefficient (Wildman–Crippen LogP) is 2.24. The highest BCUT2D eigenvalue weighted by Gasteiger charge is 2.07. The molecule has 66 valence electrons. The van der Waals surface area contributed by atoms with Crippen LogP contribution >= 0.6 is 11.8 Å². The molecular formula is C8H16O2S. The van der Waals surface area contributed by atoms with E-state index in [1.54, 1.807) is 11.8 Å². The number of hydrogen-bond acceptors (Lipinski definition) is 2. The highest BCUT2D eigenvalue weighted by Crippen LogP contribution is 2.18. The molecule has 0 amide bonds. The Balaban J connectivity index is 3.31. The molecule has 0 aromatic heterocycles. The summed E-state index contributed by atoms with van der Waals surface area (Å²) in [6.45, 7) is 6.44. The van der Waals surface area contributed by atoms with Crippen molar-refractivity contribution in [3.05, 3.63) is 0 Å². The molecule has 11 heavy (non-hydrogen) atoms. The van der Waals surface area contributed by atoms with Crippen LogP contribution in [0.5, 0.6) is 0 Å². The molecule has 0 radical (unpaired) electrons. The fourth-order valence-corrected chi connectivity index (χ4v) is 1.57. The van der Waals surface area contributed by atoms with Crippen molar-refractivity contribution in [1.82, 2.24) is 0 Å². The van der Waals surface area contributed by atoms with E-state index in [1.165, 1.54) is 0 Å².